The number of nitrogens with zero attached hydrogens (tertiary/aromatic N) is 1. The van der Waals surface area contributed by atoms with Crippen molar-refractivity contribution in [3.8, 4) is 5.69 Å². The van der Waals surface area contributed by atoms with Crippen LogP contribution in [0, 0.1) is 4.77 Å². The van der Waals surface area contributed by atoms with Gasteiger partial charge in [0.25, 0.3) is 5.56 Å². The molecule has 1 fully saturated rings. The minimum atomic E-state index is -0.0562. The Labute approximate surface area is 147 Å². The zero-order valence-electron chi connectivity index (χ0n) is 12.8. The molecule has 1 aliphatic rings. The van der Waals surface area contributed by atoms with E-state index in [1.54, 1.807) is 4.57 Å². The molecule has 0 atom stereocenters. The first-order chi connectivity index (χ1) is 11.7. The highest BCUT2D eigenvalue weighted by Crippen LogP contribution is 2.43. The molecule has 5 rings (SSSR count). The molecule has 4 aromatic rings. The van der Waals surface area contributed by atoms with Crippen molar-refractivity contribution in [3.05, 3.63) is 68.5 Å². The van der Waals surface area contributed by atoms with Crippen LogP contribution in [0.4, 0.5) is 0 Å². The van der Waals surface area contributed by atoms with Gasteiger partial charge in [-0.3, -0.25) is 9.36 Å². The van der Waals surface area contributed by atoms with E-state index in [2.05, 4.69) is 29.2 Å². The number of rotatable bonds is 2. The predicted molar refractivity (Wildman–Crippen MR) is 102 cm³/mol. The highest BCUT2D eigenvalue weighted by atomic mass is 32.1. The highest BCUT2D eigenvalue weighted by Gasteiger charge is 2.26. The SMILES string of the molecule is O=c1c2ccsc2[nH]c(=S)n1-c1ccc(C2CC2)c2ccccc12. The van der Waals surface area contributed by atoms with Crippen LogP contribution < -0.4 is 5.56 Å². The van der Waals surface area contributed by atoms with Crippen molar-refractivity contribution in [1.29, 1.82) is 0 Å². The number of aromatic nitrogens is 2. The summed E-state index contributed by atoms with van der Waals surface area (Å²) in [5.41, 5.74) is 2.18. The Morgan fingerprint density at radius 2 is 1.83 bits per heavy atom. The average Bonchev–Trinajstić information content (AvgIpc) is 3.33. The lowest BCUT2D eigenvalue weighted by Gasteiger charge is -2.13. The Morgan fingerprint density at radius 1 is 1.04 bits per heavy atom. The molecule has 0 spiro atoms. The van der Waals surface area contributed by atoms with Crippen LogP contribution in [0.3, 0.4) is 0 Å². The molecule has 2 aromatic carbocycles. The van der Waals surface area contributed by atoms with E-state index in [-0.39, 0.29) is 5.56 Å². The normalized spacial score (nSPS) is 14.5. The molecule has 0 aliphatic heterocycles. The monoisotopic (exact) mass is 350 g/mol. The van der Waals surface area contributed by atoms with Gasteiger partial charge in [0.15, 0.2) is 4.77 Å². The molecule has 0 amide bonds. The van der Waals surface area contributed by atoms with Gasteiger partial charge in [0, 0.05) is 5.39 Å². The topological polar surface area (TPSA) is 37.8 Å². The van der Waals surface area contributed by atoms with Crippen LogP contribution in [-0.2, 0) is 0 Å². The van der Waals surface area contributed by atoms with E-state index in [0.29, 0.717) is 16.1 Å². The molecule has 3 nitrogen and oxygen atoms in total. The van der Waals surface area contributed by atoms with E-state index in [9.17, 15) is 4.79 Å². The number of thiophene rings is 1. The van der Waals surface area contributed by atoms with Gasteiger partial charge in [-0.1, -0.05) is 30.3 Å². The second-order valence-electron chi connectivity index (χ2n) is 6.23. The first-order valence-electron chi connectivity index (χ1n) is 7.98. The highest BCUT2D eigenvalue weighted by molar-refractivity contribution is 7.71. The number of nitrogens with one attached hydrogen (secondary N) is 1. The van der Waals surface area contributed by atoms with Crippen molar-refractivity contribution in [2.75, 3.05) is 0 Å². The molecule has 1 N–H and O–H groups in total. The minimum Gasteiger partial charge on any atom is -0.323 e. The minimum absolute atomic E-state index is 0.0562. The molecule has 24 heavy (non-hydrogen) atoms. The molecule has 0 bridgehead atoms. The fourth-order valence-corrected chi connectivity index (χ4v) is 4.54. The maximum Gasteiger partial charge on any atom is 0.267 e. The van der Waals surface area contributed by atoms with Crippen molar-refractivity contribution in [2.45, 2.75) is 18.8 Å². The van der Waals surface area contributed by atoms with Gasteiger partial charge in [-0.2, -0.15) is 0 Å². The van der Waals surface area contributed by atoms with Crippen LogP contribution in [0.2, 0.25) is 0 Å². The third-order valence-electron chi connectivity index (χ3n) is 4.72. The lowest BCUT2D eigenvalue weighted by molar-refractivity contribution is 0.950. The van der Waals surface area contributed by atoms with Crippen LogP contribution in [0.5, 0.6) is 0 Å². The smallest absolute Gasteiger partial charge is 0.267 e. The molecular weight excluding hydrogens is 336 g/mol. The van der Waals surface area contributed by atoms with Crippen LogP contribution >= 0.6 is 23.6 Å². The number of hydrogen-bond donors (Lipinski definition) is 1. The summed E-state index contributed by atoms with van der Waals surface area (Å²) < 4.78 is 2.07. The Balaban J connectivity index is 1.89. The largest absolute Gasteiger partial charge is 0.323 e. The van der Waals surface area contributed by atoms with E-state index >= 15 is 0 Å². The zero-order chi connectivity index (χ0) is 16.3. The molecule has 1 saturated carbocycles. The van der Waals surface area contributed by atoms with Crippen molar-refractivity contribution in [1.82, 2.24) is 9.55 Å². The van der Waals surface area contributed by atoms with E-state index in [4.69, 9.17) is 12.2 Å². The second kappa shape index (κ2) is 5.13. The summed E-state index contributed by atoms with van der Waals surface area (Å²) in [7, 11) is 0. The molecule has 0 saturated heterocycles. The third kappa shape index (κ3) is 2.01. The van der Waals surface area contributed by atoms with E-state index in [0.717, 1.165) is 15.9 Å². The summed E-state index contributed by atoms with van der Waals surface area (Å²) in [4.78, 5) is 17.0. The number of H-pyrrole nitrogens is 1. The van der Waals surface area contributed by atoms with Crippen LogP contribution in [0.15, 0.2) is 52.6 Å². The molecule has 5 heteroatoms. The molecule has 118 valence electrons. The second-order valence-corrected chi connectivity index (χ2v) is 7.53. The van der Waals surface area contributed by atoms with Crippen molar-refractivity contribution in [3.63, 3.8) is 0 Å². The van der Waals surface area contributed by atoms with Crippen LogP contribution in [-0.4, -0.2) is 9.55 Å². The zero-order valence-corrected chi connectivity index (χ0v) is 14.4. The van der Waals surface area contributed by atoms with Gasteiger partial charge in [0.1, 0.15) is 4.83 Å². The summed E-state index contributed by atoms with van der Waals surface area (Å²) in [6.45, 7) is 0. The quantitative estimate of drug-likeness (QED) is 0.508. The first-order valence-corrected chi connectivity index (χ1v) is 9.27. The molecule has 1 aliphatic carbocycles. The summed E-state index contributed by atoms with van der Waals surface area (Å²) in [6, 6.07) is 14.4. The molecule has 2 aromatic heterocycles. The number of aromatic amines is 1. The van der Waals surface area contributed by atoms with Crippen LogP contribution in [0.25, 0.3) is 26.7 Å². The van der Waals surface area contributed by atoms with Gasteiger partial charge in [-0.05, 0) is 59.4 Å². The van der Waals surface area contributed by atoms with Gasteiger partial charge in [-0.25, -0.2) is 0 Å². The van der Waals surface area contributed by atoms with Crippen molar-refractivity contribution >= 4 is 44.5 Å². The first kappa shape index (κ1) is 14.1. The van der Waals surface area contributed by atoms with Gasteiger partial charge in [0.05, 0.1) is 11.1 Å². The van der Waals surface area contributed by atoms with Crippen LogP contribution in [0.1, 0.15) is 24.3 Å². The Kier molecular flexibility index (Phi) is 3.02. The predicted octanol–water partition coefficient (Wildman–Crippen LogP) is 5.14. The molecule has 0 unspecified atom stereocenters. The van der Waals surface area contributed by atoms with E-state index < -0.39 is 0 Å². The summed E-state index contributed by atoms with van der Waals surface area (Å²) in [5.74, 6) is 0.662. The summed E-state index contributed by atoms with van der Waals surface area (Å²) >= 11 is 6.99. The Morgan fingerprint density at radius 3 is 2.62 bits per heavy atom. The Hall–Kier alpha value is -2.24. The fraction of sp³-hybridized carbons (Fsp3) is 0.158. The lowest BCUT2D eigenvalue weighted by atomic mass is 9.99. The number of fused-ring (bicyclic) bond motifs is 2. The van der Waals surface area contributed by atoms with Gasteiger partial charge >= 0.3 is 0 Å². The van der Waals surface area contributed by atoms with E-state index in [1.807, 2.05) is 23.6 Å². The third-order valence-corrected chi connectivity index (χ3v) is 5.83. The van der Waals surface area contributed by atoms with Crippen molar-refractivity contribution < 1.29 is 0 Å². The van der Waals surface area contributed by atoms with Gasteiger partial charge in [0.2, 0.25) is 0 Å². The summed E-state index contributed by atoms with van der Waals surface area (Å²) in [5, 5.41) is 4.90. The van der Waals surface area contributed by atoms with Crippen molar-refractivity contribution in [2.24, 2.45) is 0 Å². The summed E-state index contributed by atoms with van der Waals surface area (Å²) in [6.07, 6.45) is 2.51. The van der Waals surface area contributed by atoms with Gasteiger partial charge < -0.3 is 4.98 Å². The molecule has 2 heterocycles. The molecule has 0 radical (unpaired) electrons. The van der Waals surface area contributed by atoms with Gasteiger partial charge in [-0.15, -0.1) is 11.3 Å². The number of benzene rings is 2. The molecular formula is C19H14N2OS2. The van der Waals surface area contributed by atoms with E-state index in [1.165, 1.54) is 35.1 Å². The maximum atomic E-state index is 13.0. The standard InChI is InChI=1S/C19H14N2OS2/c22-18-15-9-10-24-17(15)20-19(23)21(18)16-8-7-12(11-5-6-11)13-3-1-2-4-14(13)16/h1-4,7-11H,5-6H2,(H,20,23). The fourth-order valence-electron chi connectivity index (χ4n) is 3.41. The Bertz CT molecular complexity index is 1210. The lowest BCUT2D eigenvalue weighted by Crippen LogP contribution is -2.20. The maximum absolute atomic E-state index is 13.0. The number of hydrogen-bond acceptors (Lipinski definition) is 3. The average molecular weight is 350 g/mol.